The molecule has 0 aliphatic carbocycles. The van der Waals surface area contributed by atoms with Crippen LogP contribution >= 0.6 is 22.9 Å². The first-order valence-corrected chi connectivity index (χ1v) is 6.46. The number of hydrogen-bond acceptors (Lipinski definition) is 3. The van der Waals surface area contributed by atoms with Crippen LogP contribution in [-0.2, 0) is 4.74 Å². The molecule has 4 heteroatoms. The molecule has 1 aromatic rings. The van der Waals surface area contributed by atoms with Crippen molar-refractivity contribution in [2.75, 3.05) is 11.5 Å². The van der Waals surface area contributed by atoms with Crippen LogP contribution in [0.15, 0.2) is 36.2 Å². The molecule has 1 aromatic heterocycles. The number of anilines is 1. The van der Waals surface area contributed by atoms with E-state index < -0.39 is 0 Å². The average Bonchev–Trinajstić information content (AvgIpc) is 2.68. The highest BCUT2D eigenvalue weighted by molar-refractivity contribution is 7.19. The molecule has 1 aliphatic rings. The van der Waals surface area contributed by atoms with Crippen LogP contribution in [0.1, 0.15) is 13.8 Å². The van der Waals surface area contributed by atoms with Gasteiger partial charge in [-0.2, -0.15) is 0 Å². The van der Waals surface area contributed by atoms with Crippen LogP contribution in [0.2, 0.25) is 4.34 Å². The van der Waals surface area contributed by atoms with Crippen molar-refractivity contribution in [3.8, 4) is 0 Å². The zero-order valence-corrected chi connectivity index (χ0v) is 10.9. The molecule has 0 amide bonds. The van der Waals surface area contributed by atoms with Crippen LogP contribution in [0.5, 0.6) is 0 Å². The number of ether oxygens (including phenoxy) is 1. The third kappa shape index (κ3) is 2.42. The van der Waals surface area contributed by atoms with Gasteiger partial charge < -0.3 is 9.64 Å². The van der Waals surface area contributed by atoms with Gasteiger partial charge in [-0.25, -0.2) is 0 Å². The molecule has 0 saturated carbocycles. The summed E-state index contributed by atoms with van der Waals surface area (Å²) >= 11 is 7.52. The van der Waals surface area contributed by atoms with Crippen LogP contribution in [0.4, 0.5) is 5.00 Å². The maximum Gasteiger partial charge on any atom is 0.135 e. The lowest BCUT2D eigenvalue weighted by atomic mass is 10.2. The molecule has 2 rings (SSSR count). The van der Waals surface area contributed by atoms with E-state index in [1.54, 1.807) is 11.3 Å². The van der Waals surface area contributed by atoms with E-state index in [4.69, 9.17) is 16.3 Å². The fraction of sp³-hybridized carbons (Fsp3) is 0.333. The SMILES string of the molecule is CCOC1=CN(c2ccc(Cl)s2)C(C)C=C1. The highest BCUT2D eigenvalue weighted by Crippen LogP contribution is 2.32. The zero-order valence-electron chi connectivity index (χ0n) is 9.31. The minimum atomic E-state index is 0.332. The van der Waals surface area contributed by atoms with Crippen molar-refractivity contribution in [1.29, 1.82) is 0 Å². The van der Waals surface area contributed by atoms with Crippen LogP contribution < -0.4 is 4.90 Å². The molecule has 1 unspecified atom stereocenters. The summed E-state index contributed by atoms with van der Waals surface area (Å²) in [6.45, 7) is 4.81. The van der Waals surface area contributed by atoms with Crippen molar-refractivity contribution in [1.82, 2.24) is 0 Å². The maximum atomic E-state index is 5.95. The predicted molar refractivity (Wildman–Crippen MR) is 70.1 cm³/mol. The number of halogens is 1. The molecule has 0 bridgehead atoms. The second-order valence-electron chi connectivity index (χ2n) is 3.55. The largest absolute Gasteiger partial charge is 0.492 e. The average molecular weight is 256 g/mol. The van der Waals surface area contributed by atoms with Gasteiger partial charge in [-0.1, -0.05) is 17.7 Å². The second-order valence-corrected chi connectivity index (χ2v) is 5.24. The van der Waals surface area contributed by atoms with E-state index in [-0.39, 0.29) is 0 Å². The van der Waals surface area contributed by atoms with Crippen LogP contribution in [0, 0.1) is 0 Å². The molecule has 0 N–H and O–H groups in total. The normalized spacial score (nSPS) is 19.8. The summed E-state index contributed by atoms with van der Waals surface area (Å²) in [5.74, 6) is 0.894. The molecule has 0 fully saturated rings. The highest BCUT2D eigenvalue weighted by atomic mass is 35.5. The molecule has 0 aromatic carbocycles. The lowest BCUT2D eigenvalue weighted by Gasteiger charge is -2.27. The summed E-state index contributed by atoms with van der Waals surface area (Å²) in [4.78, 5) is 2.17. The summed E-state index contributed by atoms with van der Waals surface area (Å²) < 4.78 is 6.30. The molecule has 0 radical (unpaired) electrons. The molecular formula is C12H14ClNOS. The van der Waals surface area contributed by atoms with E-state index in [0.29, 0.717) is 12.6 Å². The van der Waals surface area contributed by atoms with Crippen LogP contribution in [-0.4, -0.2) is 12.6 Å². The minimum Gasteiger partial charge on any atom is -0.492 e. The van der Waals surface area contributed by atoms with Crippen molar-refractivity contribution < 1.29 is 4.74 Å². The van der Waals surface area contributed by atoms with Crippen molar-refractivity contribution in [2.45, 2.75) is 19.9 Å². The molecule has 1 aliphatic heterocycles. The van der Waals surface area contributed by atoms with E-state index >= 15 is 0 Å². The fourth-order valence-corrected chi connectivity index (χ4v) is 2.68. The minimum absolute atomic E-state index is 0.332. The van der Waals surface area contributed by atoms with Gasteiger partial charge in [-0.15, -0.1) is 11.3 Å². The van der Waals surface area contributed by atoms with Gasteiger partial charge in [-0.05, 0) is 32.1 Å². The Kier molecular flexibility index (Phi) is 3.56. The Morgan fingerprint density at radius 2 is 2.31 bits per heavy atom. The monoisotopic (exact) mass is 255 g/mol. The Bertz CT molecular complexity index is 424. The predicted octanol–water partition coefficient (Wildman–Crippen LogP) is 4.04. The Labute approximate surface area is 105 Å². The van der Waals surface area contributed by atoms with E-state index in [1.165, 1.54) is 0 Å². The molecule has 0 saturated heterocycles. The van der Waals surface area contributed by atoms with Gasteiger partial charge >= 0.3 is 0 Å². The first-order valence-electron chi connectivity index (χ1n) is 5.27. The fourth-order valence-electron chi connectivity index (χ4n) is 1.58. The van der Waals surface area contributed by atoms with Crippen molar-refractivity contribution in [3.63, 3.8) is 0 Å². The van der Waals surface area contributed by atoms with Gasteiger partial charge in [0.25, 0.3) is 0 Å². The molecule has 86 valence electrons. The third-order valence-electron chi connectivity index (χ3n) is 2.37. The number of thiophene rings is 1. The Hall–Kier alpha value is -0.930. The lowest BCUT2D eigenvalue weighted by molar-refractivity contribution is 0.240. The number of hydrogen-bond donors (Lipinski definition) is 0. The van der Waals surface area contributed by atoms with Crippen LogP contribution in [0.3, 0.4) is 0 Å². The second kappa shape index (κ2) is 4.93. The smallest absolute Gasteiger partial charge is 0.135 e. The van der Waals surface area contributed by atoms with Crippen molar-refractivity contribution in [3.05, 3.63) is 40.6 Å². The summed E-state index contributed by atoms with van der Waals surface area (Å²) in [6.07, 6.45) is 6.16. The van der Waals surface area contributed by atoms with E-state index in [2.05, 4.69) is 17.9 Å². The van der Waals surface area contributed by atoms with E-state index in [9.17, 15) is 0 Å². The van der Waals surface area contributed by atoms with Crippen molar-refractivity contribution in [2.24, 2.45) is 0 Å². The van der Waals surface area contributed by atoms with Crippen LogP contribution in [0.25, 0.3) is 0 Å². The maximum absolute atomic E-state index is 5.95. The molecular weight excluding hydrogens is 242 g/mol. The Morgan fingerprint density at radius 3 is 2.94 bits per heavy atom. The molecule has 16 heavy (non-hydrogen) atoms. The lowest BCUT2D eigenvalue weighted by Crippen LogP contribution is -2.28. The van der Waals surface area contributed by atoms with Gasteiger partial charge in [-0.3, -0.25) is 0 Å². The summed E-state index contributed by atoms with van der Waals surface area (Å²) in [7, 11) is 0. The summed E-state index contributed by atoms with van der Waals surface area (Å²) in [5, 5.41) is 1.14. The van der Waals surface area contributed by atoms with Crippen molar-refractivity contribution >= 4 is 27.9 Å². The number of allylic oxidation sites excluding steroid dienone is 1. The van der Waals surface area contributed by atoms with Gasteiger partial charge in [0.15, 0.2) is 0 Å². The first kappa shape index (κ1) is 11.6. The third-order valence-corrected chi connectivity index (χ3v) is 3.61. The topological polar surface area (TPSA) is 12.5 Å². The first-order chi connectivity index (χ1) is 7.70. The number of nitrogens with zero attached hydrogens (tertiary/aromatic N) is 1. The van der Waals surface area contributed by atoms with E-state index in [0.717, 1.165) is 15.1 Å². The standard InChI is InChI=1S/C12H14ClNOS/c1-3-15-10-5-4-9(2)14(8-10)12-7-6-11(13)16-12/h4-9H,3H2,1-2H3. The summed E-state index contributed by atoms with van der Waals surface area (Å²) in [5.41, 5.74) is 0. The molecule has 1 atom stereocenters. The van der Waals surface area contributed by atoms with Gasteiger partial charge in [0.1, 0.15) is 5.76 Å². The zero-order chi connectivity index (χ0) is 11.5. The highest BCUT2D eigenvalue weighted by Gasteiger charge is 2.16. The number of rotatable bonds is 3. The van der Waals surface area contributed by atoms with Gasteiger partial charge in [0.2, 0.25) is 0 Å². The molecule has 0 spiro atoms. The molecule has 2 heterocycles. The Morgan fingerprint density at radius 1 is 1.50 bits per heavy atom. The van der Waals surface area contributed by atoms with E-state index in [1.807, 2.05) is 31.3 Å². The van der Waals surface area contributed by atoms with Gasteiger partial charge in [0, 0.05) is 6.20 Å². The Balaban J connectivity index is 2.23. The molecule has 2 nitrogen and oxygen atoms in total. The quantitative estimate of drug-likeness (QED) is 0.808. The summed E-state index contributed by atoms with van der Waals surface area (Å²) in [6, 6.07) is 4.28. The van der Waals surface area contributed by atoms with Gasteiger partial charge in [0.05, 0.1) is 22.0 Å².